The van der Waals surface area contributed by atoms with Crippen LogP contribution in [0.5, 0.6) is 0 Å². The van der Waals surface area contributed by atoms with Gasteiger partial charge in [-0.15, -0.1) is 0 Å². The summed E-state index contributed by atoms with van der Waals surface area (Å²) < 4.78 is 14.5. The lowest BCUT2D eigenvalue weighted by Crippen LogP contribution is -2.35. The maximum atomic E-state index is 14.5. The minimum atomic E-state index is -1.39. The molecule has 5 N–H and O–H groups in total. The molecule has 1 amide bonds. The van der Waals surface area contributed by atoms with Crippen LogP contribution in [-0.4, -0.2) is 52.6 Å². The Labute approximate surface area is 147 Å². The quantitative estimate of drug-likeness (QED) is 0.557. The molecule has 1 aliphatic heterocycles. The molecule has 0 saturated carbocycles. The number of nitrogens with one attached hydrogen (secondary N) is 2. The van der Waals surface area contributed by atoms with Gasteiger partial charge in [0.15, 0.2) is 11.6 Å². The van der Waals surface area contributed by atoms with Gasteiger partial charge in [0, 0.05) is 38.3 Å². The van der Waals surface area contributed by atoms with Crippen molar-refractivity contribution in [1.29, 1.82) is 0 Å². The van der Waals surface area contributed by atoms with Crippen LogP contribution in [-0.2, 0) is 4.79 Å². The highest BCUT2D eigenvalue weighted by molar-refractivity contribution is 5.91. The first-order valence-electron chi connectivity index (χ1n) is 8.08. The monoisotopic (exact) mass is 363 g/mol. The molecule has 1 fully saturated rings. The van der Waals surface area contributed by atoms with Crippen LogP contribution in [0.15, 0.2) is 17.1 Å². The average Bonchev–Trinajstić information content (AvgIpc) is 3.03. The second-order valence-corrected chi connectivity index (χ2v) is 6.13. The Morgan fingerprint density at radius 2 is 2.27 bits per heavy atom. The second-order valence-electron chi connectivity index (χ2n) is 6.13. The number of hydrogen-bond acceptors (Lipinski definition) is 6. The zero-order chi connectivity index (χ0) is 18.8. The number of hydrogen-bond donors (Lipinski definition) is 4. The molecular formula is C16H18FN5O4. The van der Waals surface area contributed by atoms with Gasteiger partial charge in [-0.3, -0.25) is 9.59 Å². The highest BCUT2D eigenvalue weighted by Gasteiger charge is 2.26. The van der Waals surface area contributed by atoms with E-state index in [0.29, 0.717) is 19.6 Å². The molecule has 0 aromatic carbocycles. The predicted octanol–water partition coefficient (Wildman–Crippen LogP) is -0.196. The second kappa shape index (κ2) is 7.08. The standard InChI is InChI=1S/C16H18FN5O4/c17-11-5-9-13(24)10(16(25)26)6-20-14(9)21-15(11)22-4-2-8(7-22)19-3-1-12(18)23/h5-6,8,19H,1-4,7H2,(H2,18,23)(H,25,26)(H,20,21,24). The number of aromatic carboxylic acids is 1. The van der Waals surface area contributed by atoms with Crippen LogP contribution in [0.2, 0.25) is 0 Å². The number of carboxylic acids is 1. The van der Waals surface area contributed by atoms with Crippen LogP contribution < -0.4 is 21.4 Å². The van der Waals surface area contributed by atoms with E-state index in [9.17, 15) is 18.8 Å². The molecule has 0 spiro atoms. The van der Waals surface area contributed by atoms with Gasteiger partial charge in [-0.1, -0.05) is 0 Å². The number of aromatic nitrogens is 2. The Morgan fingerprint density at radius 1 is 1.50 bits per heavy atom. The summed E-state index contributed by atoms with van der Waals surface area (Å²) in [6.45, 7) is 1.50. The Bertz CT molecular complexity index is 929. The van der Waals surface area contributed by atoms with E-state index in [1.54, 1.807) is 4.90 Å². The number of anilines is 1. The molecule has 3 heterocycles. The van der Waals surface area contributed by atoms with E-state index in [1.807, 2.05) is 0 Å². The lowest BCUT2D eigenvalue weighted by molar-refractivity contribution is -0.117. The molecule has 10 heteroatoms. The minimum absolute atomic E-state index is 0.0692. The summed E-state index contributed by atoms with van der Waals surface area (Å²) >= 11 is 0. The number of amides is 1. The highest BCUT2D eigenvalue weighted by Crippen LogP contribution is 2.24. The van der Waals surface area contributed by atoms with Gasteiger partial charge >= 0.3 is 5.97 Å². The van der Waals surface area contributed by atoms with Crippen molar-refractivity contribution in [2.75, 3.05) is 24.5 Å². The van der Waals surface area contributed by atoms with E-state index in [-0.39, 0.29) is 35.2 Å². The van der Waals surface area contributed by atoms with Crippen molar-refractivity contribution in [2.45, 2.75) is 18.9 Å². The largest absolute Gasteiger partial charge is 0.477 e. The van der Waals surface area contributed by atoms with Gasteiger partial charge in [0.2, 0.25) is 11.3 Å². The molecule has 1 atom stereocenters. The van der Waals surface area contributed by atoms with Crippen molar-refractivity contribution in [1.82, 2.24) is 15.3 Å². The van der Waals surface area contributed by atoms with E-state index < -0.39 is 22.8 Å². The molecule has 9 nitrogen and oxygen atoms in total. The van der Waals surface area contributed by atoms with Gasteiger partial charge in [-0.05, 0) is 12.5 Å². The van der Waals surface area contributed by atoms with Crippen molar-refractivity contribution < 1.29 is 19.1 Å². The first-order chi connectivity index (χ1) is 12.4. The molecule has 2 aromatic rings. The van der Waals surface area contributed by atoms with E-state index in [2.05, 4.69) is 15.3 Å². The lowest BCUT2D eigenvalue weighted by Gasteiger charge is -2.19. The van der Waals surface area contributed by atoms with Crippen molar-refractivity contribution in [2.24, 2.45) is 5.73 Å². The molecule has 26 heavy (non-hydrogen) atoms. The third-order valence-corrected chi connectivity index (χ3v) is 4.32. The van der Waals surface area contributed by atoms with Crippen molar-refractivity contribution in [3.05, 3.63) is 33.9 Å². The van der Waals surface area contributed by atoms with Crippen LogP contribution >= 0.6 is 0 Å². The number of aromatic amines is 1. The van der Waals surface area contributed by atoms with Crippen LogP contribution in [0, 0.1) is 5.82 Å². The fraction of sp³-hybridized carbons (Fsp3) is 0.375. The number of nitrogens with zero attached hydrogens (tertiary/aromatic N) is 2. The molecule has 1 aliphatic rings. The van der Waals surface area contributed by atoms with Gasteiger partial charge in [0.1, 0.15) is 11.2 Å². The Morgan fingerprint density at radius 3 is 2.96 bits per heavy atom. The molecular weight excluding hydrogens is 345 g/mol. The fourth-order valence-corrected chi connectivity index (χ4v) is 3.01. The number of carbonyl (C=O) groups is 2. The Balaban J connectivity index is 1.82. The number of primary amides is 1. The van der Waals surface area contributed by atoms with Crippen LogP contribution in [0.4, 0.5) is 10.2 Å². The molecule has 138 valence electrons. The zero-order valence-corrected chi connectivity index (χ0v) is 13.8. The topological polar surface area (TPSA) is 141 Å². The summed E-state index contributed by atoms with van der Waals surface area (Å²) in [6, 6.07) is 1.08. The van der Waals surface area contributed by atoms with E-state index >= 15 is 0 Å². The maximum absolute atomic E-state index is 14.5. The number of pyridine rings is 2. The minimum Gasteiger partial charge on any atom is -0.477 e. The fourth-order valence-electron chi connectivity index (χ4n) is 3.01. The number of halogens is 1. The Kier molecular flexibility index (Phi) is 4.85. The van der Waals surface area contributed by atoms with Crippen molar-refractivity contribution in [3.63, 3.8) is 0 Å². The Hall–Kier alpha value is -3.01. The lowest BCUT2D eigenvalue weighted by atomic mass is 10.2. The maximum Gasteiger partial charge on any atom is 0.341 e. The van der Waals surface area contributed by atoms with Crippen LogP contribution in [0.1, 0.15) is 23.2 Å². The summed E-state index contributed by atoms with van der Waals surface area (Å²) in [5.74, 6) is -2.37. The average molecular weight is 363 g/mol. The molecule has 0 aliphatic carbocycles. The third-order valence-electron chi connectivity index (χ3n) is 4.32. The SMILES string of the molecule is NC(=O)CCNC1CCN(c2nc3[nH]cc(C(=O)O)c(=O)c3cc2F)C1. The van der Waals surface area contributed by atoms with Gasteiger partial charge in [-0.2, -0.15) is 0 Å². The van der Waals surface area contributed by atoms with Gasteiger partial charge in [0.05, 0.1) is 5.39 Å². The summed E-state index contributed by atoms with van der Waals surface area (Å²) in [6.07, 6.45) is 2.03. The number of carbonyl (C=O) groups excluding carboxylic acids is 1. The van der Waals surface area contributed by atoms with Crippen molar-refractivity contribution in [3.8, 4) is 0 Å². The predicted molar refractivity (Wildman–Crippen MR) is 91.7 cm³/mol. The van der Waals surface area contributed by atoms with E-state index in [0.717, 1.165) is 18.7 Å². The van der Waals surface area contributed by atoms with Gasteiger partial charge in [-0.25, -0.2) is 14.2 Å². The third kappa shape index (κ3) is 3.49. The zero-order valence-electron chi connectivity index (χ0n) is 13.8. The first kappa shape index (κ1) is 17.8. The summed E-state index contributed by atoms with van der Waals surface area (Å²) in [4.78, 5) is 42.4. The number of carboxylic acid groups (broad SMARTS) is 1. The van der Waals surface area contributed by atoms with Crippen LogP contribution in [0.25, 0.3) is 11.0 Å². The number of H-pyrrole nitrogens is 1. The van der Waals surface area contributed by atoms with Crippen molar-refractivity contribution >= 4 is 28.7 Å². The smallest absolute Gasteiger partial charge is 0.341 e. The van der Waals surface area contributed by atoms with E-state index in [1.165, 1.54) is 0 Å². The number of rotatable bonds is 6. The van der Waals surface area contributed by atoms with Crippen LogP contribution in [0.3, 0.4) is 0 Å². The molecule has 3 rings (SSSR count). The first-order valence-corrected chi connectivity index (χ1v) is 8.08. The number of nitrogens with two attached hydrogens (primary N) is 1. The van der Waals surface area contributed by atoms with Gasteiger partial charge < -0.3 is 26.0 Å². The van der Waals surface area contributed by atoms with Gasteiger partial charge in [0.25, 0.3) is 0 Å². The molecule has 0 bridgehead atoms. The molecule has 2 aromatic heterocycles. The molecule has 1 unspecified atom stereocenters. The van der Waals surface area contributed by atoms with E-state index in [4.69, 9.17) is 10.8 Å². The highest BCUT2D eigenvalue weighted by atomic mass is 19.1. The molecule has 1 saturated heterocycles. The number of fused-ring (bicyclic) bond motifs is 1. The summed E-state index contributed by atoms with van der Waals surface area (Å²) in [5.41, 5.74) is 3.97. The molecule has 0 radical (unpaired) electrons. The summed E-state index contributed by atoms with van der Waals surface area (Å²) in [5, 5.41) is 12.1. The normalized spacial score (nSPS) is 17.0. The summed E-state index contributed by atoms with van der Waals surface area (Å²) in [7, 11) is 0.